The van der Waals surface area contributed by atoms with Gasteiger partial charge in [0.15, 0.2) is 0 Å². The third-order valence-corrected chi connectivity index (χ3v) is 2.65. The van der Waals surface area contributed by atoms with Gasteiger partial charge in [0.05, 0.1) is 11.9 Å². The minimum Gasteiger partial charge on any atom is -0.369 e. The van der Waals surface area contributed by atoms with E-state index in [1.54, 1.807) is 6.20 Å². The van der Waals surface area contributed by atoms with Crippen molar-refractivity contribution in [3.05, 3.63) is 21.6 Å². The van der Waals surface area contributed by atoms with Gasteiger partial charge in [-0.2, -0.15) is 5.10 Å². The number of aromatic nitrogens is 2. The molecule has 84 valence electrons. The molecule has 0 saturated carbocycles. The monoisotopic (exact) mass is 229 g/mol. The fourth-order valence-electron chi connectivity index (χ4n) is 1.39. The SMILES string of the molecule is CCCCN(CC)c1cn[nH]c(=O)c1Cl. The van der Waals surface area contributed by atoms with Crippen molar-refractivity contribution in [2.45, 2.75) is 26.7 Å². The Hall–Kier alpha value is -1.03. The Balaban J connectivity index is 2.91. The Kier molecular flexibility index (Phi) is 4.62. The molecule has 5 heteroatoms. The predicted molar refractivity (Wildman–Crippen MR) is 62.7 cm³/mol. The number of H-pyrrole nitrogens is 1. The molecule has 0 aromatic carbocycles. The van der Waals surface area contributed by atoms with Crippen LogP contribution < -0.4 is 10.5 Å². The van der Waals surface area contributed by atoms with Crippen molar-refractivity contribution in [2.24, 2.45) is 0 Å². The molecule has 0 radical (unpaired) electrons. The molecule has 0 atom stereocenters. The summed E-state index contributed by atoms with van der Waals surface area (Å²) in [6.45, 7) is 5.89. The Morgan fingerprint density at radius 1 is 1.53 bits per heavy atom. The summed E-state index contributed by atoms with van der Waals surface area (Å²) in [4.78, 5) is 13.3. The molecule has 15 heavy (non-hydrogen) atoms. The van der Waals surface area contributed by atoms with Crippen LogP contribution in [0.2, 0.25) is 5.02 Å². The highest BCUT2D eigenvalue weighted by Gasteiger charge is 2.10. The van der Waals surface area contributed by atoms with Crippen molar-refractivity contribution >= 4 is 17.3 Å². The van der Waals surface area contributed by atoms with E-state index in [0.29, 0.717) is 0 Å². The van der Waals surface area contributed by atoms with Gasteiger partial charge in [-0.15, -0.1) is 0 Å². The van der Waals surface area contributed by atoms with Crippen LogP contribution in [-0.4, -0.2) is 23.3 Å². The van der Waals surface area contributed by atoms with Crippen LogP contribution >= 0.6 is 11.6 Å². The normalized spacial score (nSPS) is 10.3. The van der Waals surface area contributed by atoms with E-state index in [1.807, 2.05) is 6.92 Å². The number of hydrogen-bond donors (Lipinski definition) is 1. The van der Waals surface area contributed by atoms with Gasteiger partial charge < -0.3 is 4.90 Å². The number of nitrogens with one attached hydrogen (secondary N) is 1. The number of aromatic amines is 1. The third kappa shape index (κ3) is 2.96. The number of nitrogens with zero attached hydrogens (tertiary/aromatic N) is 2. The van der Waals surface area contributed by atoms with E-state index >= 15 is 0 Å². The number of hydrogen-bond acceptors (Lipinski definition) is 3. The quantitative estimate of drug-likeness (QED) is 0.841. The Labute approximate surface area is 94.3 Å². The standard InChI is InChI=1S/C10H16ClN3O/c1-3-5-6-14(4-2)8-7-12-13-10(15)9(8)11/h7H,3-6H2,1-2H3,(H,13,15). The van der Waals surface area contributed by atoms with Gasteiger partial charge in [0, 0.05) is 13.1 Å². The zero-order valence-corrected chi connectivity index (χ0v) is 9.84. The van der Waals surface area contributed by atoms with Crippen LogP contribution in [0.1, 0.15) is 26.7 Å². The second kappa shape index (κ2) is 5.75. The highest BCUT2D eigenvalue weighted by atomic mass is 35.5. The fraction of sp³-hybridized carbons (Fsp3) is 0.600. The van der Waals surface area contributed by atoms with Crippen molar-refractivity contribution in [2.75, 3.05) is 18.0 Å². The van der Waals surface area contributed by atoms with E-state index in [4.69, 9.17) is 11.6 Å². The van der Waals surface area contributed by atoms with Crippen molar-refractivity contribution in [3.8, 4) is 0 Å². The minimum atomic E-state index is -0.330. The molecule has 0 aliphatic carbocycles. The molecular formula is C10H16ClN3O. The summed E-state index contributed by atoms with van der Waals surface area (Å²) < 4.78 is 0. The molecule has 1 heterocycles. The van der Waals surface area contributed by atoms with Crippen molar-refractivity contribution in [1.29, 1.82) is 0 Å². The van der Waals surface area contributed by atoms with Crippen LogP contribution in [0.5, 0.6) is 0 Å². The maximum atomic E-state index is 11.3. The van der Waals surface area contributed by atoms with Gasteiger partial charge in [-0.25, -0.2) is 5.10 Å². The maximum absolute atomic E-state index is 11.3. The summed E-state index contributed by atoms with van der Waals surface area (Å²) in [6.07, 6.45) is 3.80. The summed E-state index contributed by atoms with van der Waals surface area (Å²) in [7, 11) is 0. The van der Waals surface area contributed by atoms with E-state index in [9.17, 15) is 4.79 Å². The molecule has 1 aromatic heterocycles. The lowest BCUT2D eigenvalue weighted by molar-refractivity contribution is 0.728. The lowest BCUT2D eigenvalue weighted by Crippen LogP contribution is -2.26. The van der Waals surface area contributed by atoms with Gasteiger partial charge in [-0.05, 0) is 13.3 Å². The first kappa shape index (κ1) is 12.0. The Morgan fingerprint density at radius 2 is 2.27 bits per heavy atom. The van der Waals surface area contributed by atoms with Gasteiger partial charge in [0.2, 0.25) is 0 Å². The Morgan fingerprint density at radius 3 is 2.87 bits per heavy atom. The lowest BCUT2D eigenvalue weighted by Gasteiger charge is -2.22. The summed E-state index contributed by atoms with van der Waals surface area (Å²) in [6, 6.07) is 0. The molecule has 0 aliphatic heterocycles. The molecule has 0 aliphatic rings. The zero-order chi connectivity index (χ0) is 11.3. The highest BCUT2D eigenvalue weighted by Crippen LogP contribution is 2.20. The average Bonchev–Trinajstić information content (AvgIpc) is 2.25. The van der Waals surface area contributed by atoms with E-state index in [2.05, 4.69) is 22.0 Å². The summed E-state index contributed by atoms with van der Waals surface area (Å²) in [5, 5.41) is 6.29. The lowest BCUT2D eigenvalue weighted by atomic mass is 10.3. The molecule has 1 N–H and O–H groups in total. The topological polar surface area (TPSA) is 49.0 Å². The van der Waals surface area contributed by atoms with Crippen LogP contribution in [0.3, 0.4) is 0 Å². The molecule has 0 fully saturated rings. The van der Waals surface area contributed by atoms with E-state index < -0.39 is 0 Å². The van der Waals surface area contributed by atoms with E-state index in [-0.39, 0.29) is 10.6 Å². The van der Waals surface area contributed by atoms with Crippen molar-refractivity contribution in [1.82, 2.24) is 10.2 Å². The van der Waals surface area contributed by atoms with Crippen molar-refractivity contribution in [3.63, 3.8) is 0 Å². The van der Waals surface area contributed by atoms with Crippen LogP contribution in [0.4, 0.5) is 5.69 Å². The first-order valence-corrected chi connectivity index (χ1v) is 5.56. The summed E-state index contributed by atoms with van der Waals surface area (Å²) in [5.74, 6) is 0. The molecule has 1 aromatic rings. The third-order valence-electron chi connectivity index (χ3n) is 2.28. The van der Waals surface area contributed by atoms with Crippen LogP contribution in [0.15, 0.2) is 11.0 Å². The van der Waals surface area contributed by atoms with Crippen molar-refractivity contribution < 1.29 is 0 Å². The van der Waals surface area contributed by atoms with Crippen LogP contribution in [-0.2, 0) is 0 Å². The molecule has 0 unspecified atom stereocenters. The second-order valence-corrected chi connectivity index (χ2v) is 3.71. The smallest absolute Gasteiger partial charge is 0.285 e. The maximum Gasteiger partial charge on any atom is 0.285 e. The fourth-order valence-corrected chi connectivity index (χ4v) is 1.60. The predicted octanol–water partition coefficient (Wildman–Crippen LogP) is 2.05. The van der Waals surface area contributed by atoms with E-state index in [0.717, 1.165) is 31.6 Å². The van der Waals surface area contributed by atoms with E-state index in [1.165, 1.54) is 0 Å². The molecule has 0 bridgehead atoms. The van der Waals surface area contributed by atoms with Gasteiger partial charge in [0.25, 0.3) is 5.56 Å². The molecule has 0 saturated heterocycles. The first-order valence-electron chi connectivity index (χ1n) is 5.18. The number of rotatable bonds is 5. The summed E-state index contributed by atoms with van der Waals surface area (Å²) >= 11 is 5.92. The van der Waals surface area contributed by atoms with Gasteiger partial charge in [-0.1, -0.05) is 24.9 Å². The zero-order valence-electron chi connectivity index (χ0n) is 9.09. The first-order chi connectivity index (χ1) is 7.20. The van der Waals surface area contributed by atoms with Crippen LogP contribution in [0.25, 0.3) is 0 Å². The second-order valence-electron chi connectivity index (χ2n) is 3.33. The van der Waals surface area contributed by atoms with Crippen LogP contribution in [0, 0.1) is 0 Å². The largest absolute Gasteiger partial charge is 0.369 e. The van der Waals surface area contributed by atoms with Gasteiger partial charge >= 0.3 is 0 Å². The van der Waals surface area contributed by atoms with Gasteiger partial charge in [-0.3, -0.25) is 4.79 Å². The summed E-state index contributed by atoms with van der Waals surface area (Å²) in [5.41, 5.74) is 0.389. The molecule has 0 amide bonds. The number of anilines is 1. The number of unbranched alkanes of at least 4 members (excludes halogenated alkanes) is 1. The highest BCUT2D eigenvalue weighted by molar-refractivity contribution is 6.32. The number of halogens is 1. The molecule has 4 nitrogen and oxygen atoms in total. The molecule has 1 rings (SSSR count). The molecular weight excluding hydrogens is 214 g/mol. The molecule has 0 spiro atoms. The minimum absolute atomic E-state index is 0.225. The average molecular weight is 230 g/mol. The van der Waals surface area contributed by atoms with Gasteiger partial charge in [0.1, 0.15) is 5.02 Å². The Bertz CT molecular complexity index is 364.